The van der Waals surface area contributed by atoms with Gasteiger partial charge in [-0.3, -0.25) is 0 Å². The maximum absolute atomic E-state index is 7.73. The zero-order valence-electron chi connectivity index (χ0n) is 4.50. The molecule has 0 amide bonds. The molecule has 0 saturated heterocycles. The third-order valence-corrected chi connectivity index (χ3v) is 0.555. The van der Waals surface area contributed by atoms with Crippen LogP contribution in [0.3, 0.4) is 0 Å². The van der Waals surface area contributed by atoms with Crippen LogP contribution < -0.4 is 0 Å². The zero-order chi connectivity index (χ0) is 6.24. The highest BCUT2D eigenvalue weighted by Crippen LogP contribution is 1.81. The molecule has 0 aromatic carbocycles. The Kier molecular flexibility index (Phi) is 5.28. The first-order valence-electron chi connectivity index (χ1n) is 2.21. The van der Waals surface area contributed by atoms with Crippen molar-refractivity contribution in [3.63, 3.8) is 0 Å². The molecule has 0 heterocycles. The third-order valence-electron chi connectivity index (χ3n) is 0.555. The molecule has 0 radical (unpaired) electrons. The summed E-state index contributed by atoms with van der Waals surface area (Å²) in [7, 11) is 0. The second-order valence-electron chi connectivity index (χ2n) is 1.12. The maximum atomic E-state index is 7.73. The number of hydrogen-bond donors (Lipinski definition) is 1. The van der Waals surface area contributed by atoms with Gasteiger partial charge in [0.05, 0.1) is 0 Å². The minimum absolute atomic E-state index is 0.685. The molecule has 44 valence electrons. The monoisotopic (exact) mass is 112 g/mol. The van der Waals surface area contributed by atoms with Gasteiger partial charge >= 0.3 is 0 Å². The van der Waals surface area contributed by atoms with Gasteiger partial charge in [0.1, 0.15) is 6.26 Å². The fraction of sp³-hybridized carbons (Fsp3) is 0.167. The van der Waals surface area contributed by atoms with Crippen molar-refractivity contribution in [3.8, 4) is 0 Å². The average molecular weight is 112 g/mol. The summed E-state index contributed by atoms with van der Waals surface area (Å²) in [5.74, 6) is 0. The van der Waals surface area contributed by atoms with Crippen molar-refractivity contribution in [2.24, 2.45) is 0 Å². The van der Waals surface area contributed by atoms with E-state index in [1.807, 2.05) is 0 Å². The van der Waals surface area contributed by atoms with Crippen LogP contribution >= 0.6 is 0 Å². The third kappa shape index (κ3) is 5.02. The molecule has 0 rings (SSSR count). The fourth-order valence-corrected chi connectivity index (χ4v) is 0.250. The van der Waals surface area contributed by atoms with Crippen molar-refractivity contribution in [2.45, 2.75) is 6.42 Å². The van der Waals surface area contributed by atoms with E-state index in [0.717, 1.165) is 0 Å². The summed E-state index contributed by atoms with van der Waals surface area (Å²) in [6.45, 7) is 3.34. The van der Waals surface area contributed by atoms with Gasteiger partial charge in [-0.25, -0.2) is 5.26 Å². The van der Waals surface area contributed by atoms with Gasteiger partial charge in [-0.05, 0) is 18.6 Å². The number of hydrogen-bond acceptors (Lipinski definition) is 2. The molecule has 0 bridgehead atoms. The van der Waals surface area contributed by atoms with Gasteiger partial charge in [0.15, 0.2) is 0 Å². The molecule has 2 nitrogen and oxygen atoms in total. The van der Waals surface area contributed by atoms with E-state index in [1.54, 1.807) is 12.2 Å². The lowest BCUT2D eigenvalue weighted by molar-refractivity contribution is -0.186. The van der Waals surface area contributed by atoms with Crippen LogP contribution in [-0.4, -0.2) is 5.26 Å². The van der Waals surface area contributed by atoms with E-state index in [2.05, 4.69) is 17.2 Å². The average Bonchev–Trinajstić information content (AvgIpc) is 1.81. The van der Waals surface area contributed by atoms with Crippen LogP contribution in [0.4, 0.5) is 0 Å². The lowest BCUT2D eigenvalue weighted by Gasteiger charge is -1.78. The highest BCUT2D eigenvalue weighted by molar-refractivity contribution is 4.86. The van der Waals surface area contributed by atoms with Crippen LogP contribution in [0.5, 0.6) is 0 Å². The van der Waals surface area contributed by atoms with Gasteiger partial charge in [-0.2, -0.15) is 0 Å². The Labute approximate surface area is 48.3 Å². The second kappa shape index (κ2) is 6.02. The van der Waals surface area contributed by atoms with E-state index < -0.39 is 0 Å². The molecule has 8 heavy (non-hydrogen) atoms. The molecule has 0 atom stereocenters. The smallest absolute Gasteiger partial charge is 0.125 e. The van der Waals surface area contributed by atoms with Gasteiger partial charge in [0, 0.05) is 0 Å². The van der Waals surface area contributed by atoms with Crippen LogP contribution in [0.2, 0.25) is 0 Å². The van der Waals surface area contributed by atoms with Gasteiger partial charge in [-0.15, -0.1) is 5.73 Å². The topological polar surface area (TPSA) is 29.5 Å². The molecule has 0 unspecified atom stereocenters. The largest absolute Gasteiger partial charge is 0.349 e. The normalized spacial score (nSPS) is 8.62. The zero-order valence-corrected chi connectivity index (χ0v) is 4.50. The van der Waals surface area contributed by atoms with E-state index in [4.69, 9.17) is 5.26 Å². The molecular formula is C6H8O2. The summed E-state index contributed by atoms with van der Waals surface area (Å²) in [5, 5.41) is 7.73. The molecule has 0 aromatic rings. The molecular weight excluding hydrogens is 104 g/mol. The lowest BCUT2D eigenvalue weighted by Crippen LogP contribution is -1.63. The SMILES string of the molecule is C=C=CCC=COO. The second-order valence-corrected chi connectivity index (χ2v) is 1.12. The predicted octanol–water partition coefficient (Wildman–Crippen LogP) is 1.72. The van der Waals surface area contributed by atoms with E-state index in [-0.39, 0.29) is 0 Å². The summed E-state index contributed by atoms with van der Waals surface area (Å²) in [6.07, 6.45) is 5.23. The Morgan fingerprint density at radius 2 is 2.50 bits per heavy atom. The van der Waals surface area contributed by atoms with E-state index in [1.165, 1.54) is 6.26 Å². The lowest BCUT2D eigenvalue weighted by atomic mass is 10.4. The van der Waals surface area contributed by atoms with E-state index in [9.17, 15) is 0 Å². The molecule has 0 spiro atoms. The van der Waals surface area contributed by atoms with Crippen LogP contribution in [0.25, 0.3) is 0 Å². The molecule has 0 aliphatic heterocycles. The molecule has 0 saturated carbocycles. The van der Waals surface area contributed by atoms with Crippen LogP contribution in [0.15, 0.2) is 30.7 Å². The van der Waals surface area contributed by atoms with Crippen LogP contribution in [-0.2, 0) is 4.89 Å². The number of allylic oxidation sites excluding steroid dienone is 2. The maximum Gasteiger partial charge on any atom is 0.125 e. The Balaban J connectivity index is 3.15. The molecule has 0 fully saturated rings. The fourth-order valence-electron chi connectivity index (χ4n) is 0.250. The van der Waals surface area contributed by atoms with E-state index in [0.29, 0.717) is 6.42 Å². The highest BCUT2D eigenvalue weighted by Gasteiger charge is 1.65. The molecule has 0 aromatic heterocycles. The summed E-state index contributed by atoms with van der Waals surface area (Å²) in [4.78, 5) is 3.64. The first kappa shape index (κ1) is 7.02. The Hall–Kier alpha value is -0.980. The van der Waals surface area contributed by atoms with Crippen molar-refractivity contribution in [1.82, 2.24) is 0 Å². The molecule has 0 aliphatic carbocycles. The minimum Gasteiger partial charge on any atom is -0.349 e. The van der Waals surface area contributed by atoms with Crippen LogP contribution in [0, 0.1) is 0 Å². The Morgan fingerprint density at radius 3 is 3.00 bits per heavy atom. The summed E-state index contributed by atoms with van der Waals surface area (Å²) < 4.78 is 0. The van der Waals surface area contributed by atoms with Gasteiger partial charge in [0.2, 0.25) is 0 Å². The highest BCUT2D eigenvalue weighted by atomic mass is 17.1. The summed E-state index contributed by atoms with van der Waals surface area (Å²) in [5.41, 5.74) is 2.56. The predicted molar refractivity (Wildman–Crippen MR) is 31.2 cm³/mol. The minimum atomic E-state index is 0.685. The quantitative estimate of drug-likeness (QED) is 0.261. The first-order chi connectivity index (χ1) is 3.91. The summed E-state index contributed by atoms with van der Waals surface area (Å²) >= 11 is 0. The van der Waals surface area contributed by atoms with Gasteiger partial charge in [-0.1, -0.05) is 6.58 Å². The van der Waals surface area contributed by atoms with Crippen molar-refractivity contribution < 1.29 is 10.1 Å². The number of rotatable bonds is 3. The van der Waals surface area contributed by atoms with Crippen molar-refractivity contribution in [2.75, 3.05) is 0 Å². The Morgan fingerprint density at radius 1 is 1.75 bits per heavy atom. The van der Waals surface area contributed by atoms with Crippen molar-refractivity contribution >= 4 is 0 Å². The van der Waals surface area contributed by atoms with Crippen molar-refractivity contribution in [1.29, 1.82) is 0 Å². The first-order valence-corrected chi connectivity index (χ1v) is 2.21. The molecule has 1 N–H and O–H groups in total. The molecule has 0 aliphatic rings. The van der Waals surface area contributed by atoms with Gasteiger partial charge < -0.3 is 4.89 Å². The van der Waals surface area contributed by atoms with Crippen molar-refractivity contribution in [3.05, 3.63) is 30.7 Å². The Bertz CT molecular complexity index is 110. The van der Waals surface area contributed by atoms with E-state index >= 15 is 0 Å². The van der Waals surface area contributed by atoms with Gasteiger partial charge in [0.25, 0.3) is 0 Å². The summed E-state index contributed by atoms with van der Waals surface area (Å²) in [6, 6.07) is 0. The molecule has 2 heteroatoms. The standard InChI is InChI=1S/C6H8O2/c1-2-3-4-5-6-8-7/h3,5-7H,1,4H2. The van der Waals surface area contributed by atoms with Crippen LogP contribution in [0.1, 0.15) is 6.42 Å².